The molecule has 0 saturated carbocycles. The lowest BCUT2D eigenvalue weighted by molar-refractivity contribution is 0.442. The van der Waals surface area contributed by atoms with E-state index in [1.807, 2.05) is 0 Å². The molecule has 0 bridgehead atoms. The van der Waals surface area contributed by atoms with E-state index < -0.39 is 5.82 Å². The van der Waals surface area contributed by atoms with Gasteiger partial charge in [0.2, 0.25) is 0 Å². The van der Waals surface area contributed by atoms with Crippen LogP contribution in [0.25, 0.3) is 10.9 Å². The third-order valence-corrected chi connectivity index (χ3v) is 5.05. The van der Waals surface area contributed by atoms with Gasteiger partial charge in [-0.2, -0.15) is 0 Å². The van der Waals surface area contributed by atoms with Gasteiger partial charge in [0.15, 0.2) is 5.88 Å². The summed E-state index contributed by atoms with van der Waals surface area (Å²) in [4.78, 5) is 9.08. The maximum atomic E-state index is 14.6. The number of aliphatic imine (C=N–C) groups is 1. The summed E-state index contributed by atoms with van der Waals surface area (Å²) in [5.41, 5.74) is 1.98. The van der Waals surface area contributed by atoms with E-state index in [9.17, 15) is 13.9 Å². The summed E-state index contributed by atoms with van der Waals surface area (Å²) in [6.45, 7) is 3.91. The van der Waals surface area contributed by atoms with Crippen molar-refractivity contribution in [2.45, 2.75) is 19.8 Å². The predicted molar refractivity (Wildman–Crippen MR) is 104 cm³/mol. The van der Waals surface area contributed by atoms with Gasteiger partial charge in [-0.15, -0.1) is 0 Å². The number of piperidine rings is 1. The molecule has 4 nitrogen and oxygen atoms in total. The van der Waals surface area contributed by atoms with Crippen molar-refractivity contribution in [1.29, 1.82) is 0 Å². The summed E-state index contributed by atoms with van der Waals surface area (Å²) < 4.78 is 27.9. The summed E-state index contributed by atoms with van der Waals surface area (Å²) in [7, 11) is 0. The Morgan fingerprint density at radius 1 is 1.22 bits per heavy atom. The largest absolute Gasteiger partial charge is 0.494 e. The Morgan fingerprint density at radius 2 is 2.07 bits per heavy atom. The second-order valence-electron chi connectivity index (χ2n) is 7.16. The molecule has 27 heavy (non-hydrogen) atoms. The fourth-order valence-electron chi connectivity index (χ4n) is 3.69. The van der Waals surface area contributed by atoms with E-state index in [1.165, 1.54) is 30.8 Å². The fraction of sp³-hybridized carbons (Fsp3) is 0.286. The highest BCUT2D eigenvalue weighted by Crippen LogP contribution is 2.30. The number of rotatable bonds is 3. The van der Waals surface area contributed by atoms with Crippen LogP contribution >= 0.6 is 0 Å². The number of H-pyrrole nitrogens is 1. The topological polar surface area (TPSA) is 51.6 Å². The molecule has 0 aliphatic carbocycles. The summed E-state index contributed by atoms with van der Waals surface area (Å²) in [6, 6.07) is 9.12. The van der Waals surface area contributed by atoms with Crippen LogP contribution in [0, 0.1) is 17.6 Å². The van der Waals surface area contributed by atoms with E-state index in [2.05, 4.69) is 21.8 Å². The van der Waals surface area contributed by atoms with Gasteiger partial charge in [-0.05, 0) is 49.1 Å². The minimum absolute atomic E-state index is 0.0984. The zero-order chi connectivity index (χ0) is 19.0. The number of aromatic amines is 1. The zero-order valence-electron chi connectivity index (χ0n) is 15.0. The van der Waals surface area contributed by atoms with Gasteiger partial charge in [0, 0.05) is 30.8 Å². The molecular weight excluding hydrogens is 348 g/mol. The second-order valence-corrected chi connectivity index (χ2v) is 7.16. The zero-order valence-corrected chi connectivity index (χ0v) is 15.0. The Labute approximate surface area is 156 Å². The third kappa shape index (κ3) is 3.52. The van der Waals surface area contributed by atoms with Gasteiger partial charge in [-0.25, -0.2) is 8.78 Å². The highest BCUT2D eigenvalue weighted by Gasteiger charge is 2.19. The summed E-state index contributed by atoms with van der Waals surface area (Å²) in [5.74, 6) is -0.231. The standard InChI is InChI=1S/C21H21F2N3O/c1-13-3-2-8-26(12-13)20-7-5-15(10-18(20)23)24-11-17-16-6-4-14(22)9-19(16)25-21(17)27/h4-7,9-11,13,25,27H,2-3,8,12H2,1H3. The minimum Gasteiger partial charge on any atom is -0.494 e. The van der Waals surface area contributed by atoms with Crippen molar-refractivity contribution in [2.75, 3.05) is 18.0 Å². The van der Waals surface area contributed by atoms with Crippen molar-refractivity contribution >= 4 is 28.5 Å². The van der Waals surface area contributed by atoms with E-state index in [0.29, 0.717) is 33.8 Å². The van der Waals surface area contributed by atoms with Crippen molar-refractivity contribution in [1.82, 2.24) is 4.98 Å². The molecule has 1 fully saturated rings. The molecule has 2 aromatic carbocycles. The summed E-state index contributed by atoms with van der Waals surface area (Å²) in [6.07, 6.45) is 3.71. The number of hydrogen-bond acceptors (Lipinski definition) is 3. The van der Waals surface area contributed by atoms with Crippen LogP contribution in [0.15, 0.2) is 41.4 Å². The summed E-state index contributed by atoms with van der Waals surface area (Å²) in [5, 5.41) is 10.7. The first-order chi connectivity index (χ1) is 13.0. The number of hydrogen-bond donors (Lipinski definition) is 2. The van der Waals surface area contributed by atoms with Gasteiger partial charge in [-0.3, -0.25) is 4.99 Å². The van der Waals surface area contributed by atoms with Crippen molar-refractivity contribution in [3.05, 3.63) is 53.6 Å². The molecular formula is C21H21F2N3O. The average Bonchev–Trinajstić information content (AvgIpc) is 2.94. The third-order valence-electron chi connectivity index (χ3n) is 5.05. The first kappa shape index (κ1) is 17.5. The predicted octanol–water partition coefficient (Wildman–Crippen LogP) is 5.14. The maximum absolute atomic E-state index is 14.6. The molecule has 1 aromatic heterocycles. The minimum atomic E-state index is -0.392. The van der Waals surface area contributed by atoms with Crippen LogP contribution < -0.4 is 4.90 Å². The number of aromatic hydroxyl groups is 1. The monoisotopic (exact) mass is 369 g/mol. The average molecular weight is 369 g/mol. The first-order valence-electron chi connectivity index (χ1n) is 9.10. The van der Waals surface area contributed by atoms with Gasteiger partial charge in [0.05, 0.1) is 22.5 Å². The Hall–Kier alpha value is -2.89. The number of benzene rings is 2. The second kappa shape index (κ2) is 7.02. The Balaban J connectivity index is 1.60. The van der Waals surface area contributed by atoms with Crippen LogP contribution in [0.1, 0.15) is 25.3 Å². The molecule has 2 heterocycles. The fourth-order valence-corrected chi connectivity index (χ4v) is 3.69. The number of fused-ring (bicyclic) bond motifs is 1. The molecule has 1 aliphatic heterocycles. The van der Waals surface area contributed by atoms with E-state index in [1.54, 1.807) is 18.2 Å². The first-order valence-corrected chi connectivity index (χ1v) is 9.10. The molecule has 0 spiro atoms. The lowest BCUT2D eigenvalue weighted by atomic mass is 9.99. The molecule has 1 saturated heterocycles. The van der Waals surface area contributed by atoms with Crippen molar-refractivity contribution in [3.8, 4) is 5.88 Å². The normalized spacial score (nSPS) is 17.9. The molecule has 4 rings (SSSR count). The Kier molecular flexibility index (Phi) is 4.56. The van der Waals surface area contributed by atoms with Crippen LogP contribution in [0.3, 0.4) is 0 Å². The van der Waals surface area contributed by atoms with Gasteiger partial charge in [-0.1, -0.05) is 6.92 Å². The van der Waals surface area contributed by atoms with Crippen molar-refractivity contribution in [3.63, 3.8) is 0 Å². The molecule has 3 aromatic rings. The number of aromatic nitrogens is 1. The van der Waals surface area contributed by atoms with Crippen molar-refractivity contribution < 1.29 is 13.9 Å². The Bertz CT molecular complexity index is 1010. The van der Waals surface area contributed by atoms with Crippen LogP contribution in [0.5, 0.6) is 5.88 Å². The summed E-state index contributed by atoms with van der Waals surface area (Å²) >= 11 is 0. The molecule has 0 radical (unpaired) electrons. The van der Waals surface area contributed by atoms with Crippen LogP contribution in [0.4, 0.5) is 20.2 Å². The molecule has 1 atom stereocenters. The highest BCUT2D eigenvalue weighted by atomic mass is 19.1. The van der Waals surface area contributed by atoms with Gasteiger partial charge < -0.3 is 15.0 Å². The molecule has 2 N–H and O–H groups in total. The van der Waals surface area contributed by atoms with Gasteiger partial charge in [0.1, 0.15) is 11.6 Å². The van der Waals surface area contributed by atoms with E-state index >= 15 is 0 Å². The SMILES string of the molecule is CC1CCCN(c2ccc(N=Cc3c(O)[nH]c4cc(F)ccc34)cc2F)C1. The lowest BCUT2D eigenvalue weighted by Gasteiger charge is -2.33. The van der Waals surface area contributed by atoms with Crippen LogP contribution in [0.2, 0.25) is 0 Å². The number of anilines is 1. The lowest BCUT2D eigenvalue weighted by Crippen LogP contribution is -2.34. The van der Waals surface area contributed by atoms with Crippen molar-refractivity contribution in [2.24, 2.45) is 10.9 Å². The number of nitrogens with zero attached hydrogens (tertiary/aromatic N) is 2. The van der Waals surface area contributed by atoms with E-state index in [4.69, 9.17) is 0 Å². The molecule has 6 heteroatoms. The molecule has 1 unspecified atom stereocenters. The van der Waals surface area contributed by atoms with Gasteiger partial charge in [0.25, 0.3) is 0 Å². The van der Waals surface area contributed by atoms with E-state index in [0.717, 1.165) is 19.5 Å². The quantitative estimate of drug-likeness (QED) is 0.628. The van der Waals surface area contributed by atoms with Crippen LogP contribution in [-0.2, 0) is 0 Å². The van der Waals surface area contributed by atoms with E-state index in [-0.39, 0.29) is 11.7 Å². The number of nitrogens with one attached hydrogen (secondary N) is 1. The molecule has 1 aliphatic rings. The van der Waals surface area contributed by atoms with Gasteiger partial charge >= 0.3 is 0 Å². The van der Waals surface area contributed by atoms with Crippen LogP contribution in [-0.4, -0.2) is 29.4 Å². The maximum Gasteiger partial charge on any atom is 0.198 e. The highest BCUT2D eigenvalue weighted by molar-refractivity contribution is 6.02. The Morgan fingerprint density at radius 3 is 2.85 bits per heavy atom. The molecule has 0 amide bonds. The molecule has 140 valence electrons. The smallest absolute Gasteiger partial charge is 0.198 e. The number of halogens is 2.